The molecule has 0 amide bonds. The summed E-state index contributed by atoms with van der Waals surface area (Å²) in [7, 11) is 0. The van der Waals surface area contributed by atoms with E-state index in [-0.39, 0.29) is 0 Å². The van der Waals surface area contributed by atoms with Crippen molar-refractivity contribution in [2.45, 2.75) is 32.7 Å². The minimum absolute atomic E-state index is 0.646. The lowest BCUT2D eigenvalue weighted by atomic mass is 10.2. The van der Waals surface area contributed by atoms with Crippen LogP contribution in [-0.4, -0.2) is 12.6 Å². The highest BCUT2D eigenvalue weighted by Gasteiger charge is 1.94. The molecule has 0 rings (SSSR count). The van der Waals surface area contributed by atoms with E-state index in [4.69, 9.17) is 0 Å². The largest absolute Gasteiger partial charge is 0.315 e. The lowest BCUT2D eigenvalue weighted by Gasteiger charge is -2.09. The van der Waals surface area contributed by atoms with Crippen molar-refractivity contribution in [1.29, 1.82) is 0 Å². The Hall–Kier alpha value is -0.300. The van der Waals surface area contributed by atoms with Gasteiger partial charge in [-0.25, -0.2) is 0 Å². The molecule has 0 aromatic rings. The number of hydrogen-bond acceptors (Lipinski definition) is 1. The first-order chi connectivity index (χ1) is 4.31. The van der Waals surface area contributed by atoms with Crippen molar-refractivity contribution in [2.24, 2.45) is 0 Å². The summed E-state index contributed by atoms with van der Waals surface area (Å²) in [5, 5.41) is 3.33. The van der Waals surface area contributed by atoms with Gasteiger partial charge < -0.3 is 5.32 Å². The molecule has 0 aliphatic carbocycles. The van der Waals surface area contributed by atoms with Crippen LogP contribution in [0.15, 0.2) is 12.7 Å². The second kappa shape index (κ2) is 5.83. The van der Waals surface area contributed by atoms with E-state index < -0.39 is 0 Å². The van der Waals surface area contributed by atoms with E-state index in [0.717, 1.165) is 13.0 Å². The van der Waals surface area contributed by atoms with Crippen molar-refractivity contribution >= 4 is 0 Å². The Kier molecular flexibility index (Phi) is 5.64. The smallest absolute Gasteiger partial charge is 0.00415 e. The molecule has 0 heterocycles. The Morgan fingerprint density at radius 2 is 2.33 bits per heavy atom. The molecule has 0 aliphatic heterocycles. The number of rotatable bonds is 5. The van der Waals surface area contributed by atoms with E-state index in [0.29, 0.717) is 6.04 Å². The number of hydrogen-bond donors (Lipinski definition) is 1. The summed E-state index contributed by atoms with van der Waals surface area (Å²) in [5.74, 6) is 0. The molecule has 1 heteroatoms. The molecule has 0 aromatic carbocycles. The van der Waals surface area contributed by atoms with Gasteiger partial charge in [0.2, 0.25) is 0 Å². The van der Waals surface area contributed by atoms with Gasteiger partial charge in [-0.3, -0.25) is 0 Å². The summed E-state index contributed by atoms with van der Waals surface area (Å²) < 4.78 is 0. The maximum Gasteiger partial charge on any atom is 0.00415 e. The molecule has 1 atom stereocenters. The maximum atomic E-state index is 3.66. The third-order valence-corrected chi connectivity index (χ3v) is 1.36. The van der Waals surface area contributed by atoms with Crippen LogP contribution < -0.4 is 5.32 Å². The van der Waals surface area contributed by atoms with E-state index in [1.54, 1.807) is 0 Å². The molecule has 0 aromatic heterocycles. The quantitative estimate of drug-likeness (QED) is 0.557. The van der Waals surface area contributed by atoms with Crippen LogP contribution in [0.2, 0.25) is 0 Å². The summed E-state index contributed by atoms with van der Waals surface area (Å²) in [6.45, 7) is 9.06. The molecule has 0 bridgehead atoms. The van der Waals surface area contributed by atoms with E-state index in [2.05, 4.69) is 25.7 Å². The van der Waals surface area contributed by atoms with E-state index in [1.807, 2.05) is 6.08 Å². The van der Waals surface area contributed by atoms with Crippen molar-refractivity contribution in [3.63, 3.8) is 0 Å². The standard InChI is InChI=1S/C8H17N/c1-4-6-7-8(3)9-5-2/h4,8-9H,1,5-7H2,2-3H3. The van der Waals surface area contributed by atoms with E-state index in [9.17, 15) is 0 Å². The summed E-state index contributed by atoms with van der Waals surface area (Å²) in [6, 6.07) is 0.646. The molecule has 0 spiro atoms. The van der Waals surface area contributed by atoms with Gasteiger partial charge in [0.15, 0.2) is 0 Å². The van der Waals surface area contributed by atoms with Crippen LogP contribution in [-0.2, 0) is 0 Å². The fourth-order valence-electron chi connectivity index (χ4n) is 0.818. The van der Waals surface area contributed by atoms with Crippen molar-refractivity contribution < 1.29 is 0 Å². The van der Waals surface area contributed by atoms with Gasteiger partial charge in [0, 0.05) is 6.04 Å². The highest BCUT2D eigenvalue weighted by atomic mass is 14.9. The highest BCUT2D eigenvalue weighted by molar-refractivity contribution is 4.70. The normalized spacial score (nSPS) is 13.1. The third kappa shape index (κ3) is 5.57. The molecular formula is C8H17N. The maximum absolute atomic E-state index is 3.66. The Morgan fingerprint density at radius 1 is 1.67 bits per heavy atom. The lowest BCUT2D eigenvalue weighted by Crippen LogP contribution is -2.24. The average Bonchev–Trinajstić information content (AvgIpc) is 1.85. The molecule has 1 nitrogen and oxygen atoms in total. The Labute approximate surface area is 58.2 Å². The van der Waals surface area contributed by atoms with Gasteiger partial charge in [0.1, 0.15) is 0 Å². The molecule has 54 valence electrons. The zero-order valence-corrected chi connectivity index (χ0v) is 6.48. The second-order valence-electron chi connectivity index (χ2n) is 2.32. The van der Waals surface area contributed by atoms with Crippen LogP contribution >= 0.6 is 0 Å². The van der Waals surface area contributed by atoms with Gasteiger partial charge in [-0.2, -0.15) is 0 Å². The Bertz CT molecular complexity index is 69.0. The molecule has 0 fully saturated rings. The van der Waals surface area contributed by atoms with Crippen molar-refractivity contribution in [3.05, 3.63) is 12.7 Å². The Morgan fingerprint density at radius 3 is 2.78 bits per heavy atom. The Balaban J connectivity index is 3.04. The van der Waals surface area contributed by atoms with Gasteiger partial charge in [-0.05, 0) is 26.3 Å². The number of nitrogens with one attached hydrogen (secondary N) is 1. The summed E-state index contributed by atoms with van der Waals surface area (Å²) in [4.78, 5) is 0. The summed E-state index contributed by atoms with van der Waals surface area (Å²) >= 11 is 0. The zero-order valence-electron chi connectivity index (χ0n) is 6.48. The summed E-state index contributed by atoms with van der Waals surface area (Å²) in [6.07, 6.45) is 4.29. The first-order valence-corrected chi connectivity index (χ1v) is 3.65. The predicted octanol–water partition coefficient (Wildman–Crippen LogP) is 1.95. The van der Waals surface area contributed by atoms with Crippen molar-refractivity contribution in [1.82, 2.24) is 5.32 Å². The third-order valence-electron chi connectivity index (χ3n) is 1.36. The number of allylic oxidation sites excluding steroid dienone is 1. The van der Waals surface area contributed by atoms with Crippen LogP contribution in [0, 0.1) is 0 Å². The SMILES string of the molecule is C=CCCC(C)NCC. The lowest BCUT2D eigenvalue weighted by molar-refractivity contribution is 0.535. The van der Waals surface area contributed by atoms with E-state index >= 15 is 0 Å². The molecule has 0 saturated heterocycles. The van der Waals surface area contributed by atoms with Gasteiger partial charge in [-0.1, -0.05) is 13.0 Å². The molecule has 0 aliphatic rings. The topological polar surface area (TPSA) is 12.0 Å². The molecule has 0 saturated carbocycles. The first kappa shape index (κ1) is 8.70. The van der Waals surface area contributed by atoms with Crippen LogP contribution in [0.1, 0.15) is 26.7 Å². The summed E-state index contributed by atoms with van der Waals surface area (Å²) in [5.41, 5.74) is 0. The van der Waals surface area contributed by atoms with Crippen molar-refractivity contribution in [3.8, 4) is 0 Å². The van der Waals surface area contributed by atoms with E-state index in [1.165, 1.54) is 6.42 Å². The first-order valence-electron chi connectivity index (χ1n) is 3.65. The van der Waals surface area contributed by atoms with Gasteiger partial charge in [0.25, 0.3) is 0 Å². The highest BCUT2D eigenvalue weighted by Crippen LogP contribution is 1.94. The molecule has 9 heavy (non-hydrogen) atoms. The van der Waals surface area contributed by atoms with Crippen LogP contribution in [0.5, 0.6) is 0 Å². The fourth-order valence-corrected chi connectivity index (χ4v) is 0.818. The molecular weight excluding hydrogens is 110 g/mol. The van der Waals surface area contributed by atoms with Crippen molar-refractivity contribution in [2.75, 3.05) is 6.54 Å². The predicted molar refractivity (Wildman–Crippen MR) is 42.6 cm³/mol. The molecule has 1 N–H and O–H groups in total. The molecule has 0 radical (unpaired) electrons. The monoisotopic (exact) mass is 127 g/mol. The fraction of sp³-hybridized carbons (Fsp3) is 0.750. The minimum Gasteiger partial charge on any atom is -0.315 e. The van der Waals surface area contributed by atoms with Gasteiger partial charge in [-0.15, -0.1) is 6.58 Å². The van der Waals surface area contributed by atoms with Gasteiger partial charge >= 0.3 is 0 Å². The zero-order chi connectivity index (χ0) is 7.11. The average molecular weight is 127 g/mol. The minimum atomic E-state index is 0.646. The molecule has 1 unspecified atom stereocenters. The van der Waals surface area contributed by atoms with Crippen LogP contribution in [0.4, 0.5) is 0 Å². The van der Waals surface area contributed by atoms with Crippen LogP contribution in [0.25, 0.3) is 0 Å². The van der Waals surface area contributed by atoms with Crippen LogP contribution in [0.3, 0.4) is 0 Å². The van der Waals surface area contributed by atoms with Gasteiger partial charge in [0.05, 0.1) is 0 Å². The second-order valence-corrected chi connectivity index (χ2v) is 2.32.